The van der Waals surface area contributed by atoms with Crippen molar-refractivity contribution >= 4 is 0 Å². The van der Waals surface area contributed by atoms with Gasteiger partial charge in [-0.3, -0.25) is 0 Å². The van der Waals surface area contributed by atoms with E-state index in [0.717, 1.165) is 5.76 Å². The minimum atomic E-state index is 0.267. The Morgan fingerprint density at radius 2 is 2.31 bits per heavy atom. The van der Waals surface area contributed by atoms with E-state index in [9.17, 15) is 0 Å². The summed E-state index contributed by atoms with van der Waals surface area (Å²) in [5.74, 6) is 2.23. The van der Waals surface area contributed by atoms with Crippen LogP contribution in [0.3, 0.4) is 0 Å². The van der Waals surface area contributed by atoms with Crippen molar-refractivity contribution in [1.29, 1.82) is 0 Å². The largest absolute Gasteiger partial charge is 0.456 e. The summed E-state index contributed by atoms with van der Waals surface area (Å²) >= 11 is 0. The standard InChI is InChI=1S/C8H9N3O2/c1-5-2-3-6(12-5)8-10-7(4-9)11-13-8/h2-3H,4,9H2,1H3. The first kappa shape index (κ1) is 8.00. The smallest absolute Gasteiger partial charge is 0.293 e. The van der Waals surface area contributed by atoms with Crippen molar-refractivity contribution in [3.63, 3.8) is 0 Å². The van der Waals surface area contributed by atoms with Crippen LogP contribution in [0.4, 0.5) is 0 Å². The van der Waals surface area contributed by atoms with Gasteiger partial charge in [0.25, 0.3) is 5.89 Å². The molecule has 68 valence electrons. The molecule has 0 aliphatic heterocycles. The number of aryl methyl sites for hydroxylation is 1. The Bertz CT molecular complexity index is 405. The van der Waals surface area contributed by atoms with Gasteiger partial charge in [0.1, 0.15) is 5.76 Å². The number of nitrogens with two attached hydrogens (primary N) is 1. The molecular formula is C8H9N3O2. The van der Waals surface area contributed by atoms with Crippen molar-refractivity contribution in [3.05, 3.63) is 23.7 Å². The summed E-state index contributed by atoms with van der Waals surface area (Å²) in [7, 11) is 0. The lowest BCUT2D eigenvalue weighted by molar-refractivity contribution is 0.407. The molecule has 5 heteroatoms. The van der Waals surface area contributed by atoms with E-state index in [1.54, 1.807) is 6.07 Å². The van der Waals surface area contributed by atoms with Gasteiger partial charge >= 0.3 is 0 Å². The molecule has 2 heterocycles. The molecular weight excluding hydrogens is 170 g/mol. The first-order valence-electron chi connectivity index (χ1n) is 3.89. The normalized spacial score (nSPS) is 10.6. The summed E-state index contributed by atoms with van der Waals surface area (Å²) in [5, 5.41) is 3.65. The molecule has 0 amide bonds. The van der Waals surface area contributed by atoms with Gasteiger partial charge in [-0.15, -0.1) is 0 Å². The van der Waals surface area contributed by atoms with Crippen molar-refractivity contribution < 1.29 is 8.94 Å². The third kappa shape index (κ3) is 1.46. The number of hydrogen-bond donors (Lipinski definition) is 1. The summed E-state index contributed by atoms with van der Waals surface area (Å²) in [6, 6.07) is 3.62. The summed E-state index contributed by atoms with van der Waals surface area (Å²) < 4.78 is 10.2. The molecule has 2 aromatic rings. The van der Waals surface area contributed by atoms with Gasteiger partial charge in [-0.1, -0.05) is 5.16 Å². The van der Waals surface area contributed by atoms with Gasteiger partial charge < -0.3 is 14.7 Å². The maximum atomic E-state index is 5.33. The topological polar surface area (TPSA) is 78.1 Å². The second-order valence-corrected chi connectivity index (χ2v) is 2.63. The molecule has 5 nitrogen and oxygen atoms in total. The fourth-order valence-electron chi connectivity index (χ4n) is 0.986. The Morgan fingerprint density at radius 1 is 1.46 bits per heavy atom. The van der Waals surface area contributed by atoms with E-state index >= 15 is 0 Å². The molecule has 0 spiro atoms. The zero-order valence-electron chi connectivity index (χ0n) is 7.15. The highest BCUT2D eigenvalue weighted by atomic mass is 16.5. The van der Waals surface area contributed by atoms with Crippen LogP contribution in [0, 0.1) is 6.92 Å². The van der Waals surface area contributed by atoms with E-state index in [0.29, 0.717) is 17.5 Å². The maximum Gasteiger partial charge on any atom is 0.293 e. The van der Waals surface area contributed by atoms with Crippen LogP contribution in [0.5, 0.6) is 0 Å². The highest BCUT2D eigenvalue weighted by Crippen LogP contribution is 2.19. The third-order valence-corrected chi connectivity index (χ3v) is 1.60. The SMILES string of the molecule is Cc1ccc(-c2nc(CN)no2)o1. The lowest BCUT2D eigenvalue weighted by atomic mass is 10.4. The van der Waals surface area contributed by atoms with E-state index in [1.165, 1.54) is 0 Å². The monoisotopic (exact) mass is 179 g/mol. The molecule has 0 saturated carbocycles. The Labute approximate surface area is 74.5 Å². The summed E-state index contributed by atoms with van der Waals surface area (Å²) in [6.07, 6.45) is 0. The Balaban J connectivity index is 2.35. The van der Waals surface area contributed by atoms with E-state index in [4.69, 9.17) is 14.7 Å². The molecule has 0 aliphatic rings. The molecule has 0 radical (unpaired) electrons. The average molecular weight is 179 g/mol. The number of hydrogen-bond acceptors (Lipinski definition) is 5. The molecule has 13 heavy (non-hydrogen) atoms. The van der Waals surface area contributed by atoms with Gasteiger partial charge in [0.15, 0.2) is 11.6 Å². The van der Waals surface area contributed by atoms with Gasteiger partial charge in [-0.25, -0.2) is 0 Å². The van der Waals surface area contributed by atoms with Crippen LogP contribution in [0.15, 0.2) is 21.1 Å². The second kappa shape index (κ2) is 3.02. The van der Waals surface area contributed by atoms with E-state index in [1.807, 2.05) is 13.0 Å². The minimum absolute atomic E-state index is 0.267. The molecule has 0 bridgehead atoms. The fraction of sp³-hybridized carbons (Fsp3) is 0.250. The fourth-order valence-corrected chi connectivity index (χ4v) is 0.986. The van der Waals surface area contributed by atoms with Gasteiger partial charge in [0, 0.05) is 0 Å². The molecule has 2 N–H and O–H groups in total. The van der Waals surface area contributed by atoms with Crippen LogP contribution in [0.1, 0.15) is 11.6 Å². The molecule has 2 aromatic heterocycles. The van der Waals surface area contributed by atoms with Crippen LogP contribution >= 0.6 is 0 Å². The van der Waals surface area contributed by atoms with Gasteiger partial charge in [-0.2, -0.15) is 4.98 Å². The predicted octanol–water partition coefficient (Wildman–Crippen LogP) is 1.10. The summed E-state index contributed by atoms with van der Waals surface area (Å²) in [6.45, 7) is 2.12. The van der Waals surface area contributed by atoms with Gasteiger partial charge in [0.2, 0.25) is 0 Å². The number of aromatic nitrogens is 2. The second-order valence-electron chi connectivity index (χ2n) is 2.63. The van der Waals surface area contributed by atoms with Gasteiger partial charge in [0.05, 0.1) is 6.54 Å². The predicted molar refractivity (Wildman–Crippen MR) is 44.6 cm³/mol. The number of rotatable bonds is 2. The van der Waals surface area contributed by atoms with Crippen LogP contribution in [-0.4, -0.2) is 10.1 Å². The molecule has 0 aliphatic carbocycles. The van der Waals surface area contributed by atoms with Crippen LogP contribution in [0.25, 0.3) is 11.7 Å². The quantitative estimate of drug-likeness (QED) is 0.746. The molecule has 2 rings (SSSR count). The molecule has 0 unspecified atom stereocenters. The number of nitrogens with zero attached hydrogens (tertiary/aromatic N) is 2. The van der Waals surface area contributed by atoms with E-state index in [-0.39, 0.29) is 6.54 Å². The highest BCUT2D eigenvalue weighted by molar-refractivity contribution is 5.43. The molecule has 0 fully saturated rings. The van der Waals surface area contributed by atoms with Crippen molar-refractivity contribution in [2.75, 3.05) is 0 Å². The first-order chi connectivity index (χ1) is 6.29. The zero-order chi connectivity index (χ0) is 9.26. The molecule has 0 saturated heterocycles. The van der Waals surface area contributed by atoms with Crippen molar-refractivity contribution in [2.45, 2.75) is 13.5 Å². The minimum Gasteiger partial charge on any atom is -0.456 e. The lowest BCUT2D eigenvalue weighted by Gasteiger charge is -1.84. The molecule has 0 atom stereocenters. The lowest BCUT2D eigenvalue weighted by Crippen LogP contribution is -1.97. The van der Waals surface area contributed by atoms with Crippen LogP contribution in [0.2, 0.25) is 0 Å². The van der Waals surface area contributed by atoms with Crippen molar-refractivity contribution in [1.82, 2.24) is 10.1 Å². The first-order valence-corrected chi connectivity index (χ1v) is 3.89. The maximum absolute atomic E-state index is 5.33. The van der Waals surface area contributed by atoms with E-state index in [2.05, 4.69) is 10.1 Å². The van der Waals surface area contributed by atoms with Gasteiger partial charge in [-0.05, 0) is 19.1 Å². The zero-order valence-corrected chi connectivity index (χ0v) is 7.15. The van der Waals surface area contributed by atoms with Crippen LogP contribution in [-0.2, 0) is 6.54 Å². The van der Waals surface area contributed by atoms with Crippen molar-refractivity contribution in [3.8, 4) is 11.7 Å². The third-order valence-electron chi connectivity index (χ3n) is 1.60. The highest BCUT2D eigenvalue weighted by Gasteiger charge is 2.10. The Kier molecular flexibility index (Phi) is 1.86. The Hall–Kier alpha value is -1.62. The summed E-state index contributed by atoms with van der Waals surface area (Å²) in [5.41, 5.74) is 5.33. The van der Waals surface area contributed by atoms with E-state index < -0.39 is 0 Å². The van der Waals surface area contributed by atoms with Crippen molar-refractivity contribution in [2.24, 2.45) is 5.73 Å². The van der Waals surface area contributed by atoms with Crippen LogP contribution < -0.4 is 5.73 Å². The molecule has 0 aromatic carbocycles. The summed E-state index contributed by atoms with van der Waals surface area (Å²) in [4.78, 5) is 4.02. The Morgan fingerprint density at radius 3 is 2.85 bits per heavy atom. The average Bonchev–Trinajstić information content (AvgIpc) is 2.71. The number of furan rings is 1.